The van der Waals surface area contributed by atoms with E-state index in [0.717, 1.165) is 6.42 Å². The van der Waals surface area contributed by atoms with Gasteiger partial charge in [0.1, 0.15) is 0 Å². The highest BCUT2D eigenvalue weighted by Gasteiger charge is 2.35. The van der Waals surface area contributed by atoms with E-state index in [1.54, 1.807) is 24.3 Å². The SMILES string of the molecule is O=C(NC[C@@H]1Cc2ccccc21)N[C@@H]1CS(=O)(=O)c2ccccc21. The highest BCUT2D eigenvalue weighted by Crippen LogP contribution is 2.34. The van der Waals surface area contributed by atoms with E-state index in [-0.39, 0.29) is 11.8 Å². The van der Waals surface area contributed by atoms with Crippen LogP contribution in [0.4, 0.5) is 4.79 Å². The highest BCUT2D eigenvalue weighted by atomic mass is 32.2. The number of amides is 2. The molecule has 2 aromatic rings. The van der Waals surface area contributed by atoms with Crippen LogP contribution in [0.3, 0.4) is 0 Å². The predicted molar refractivity (Wildman–Crippen MR) is 90.7 cm³/mol. The number of urea groups is 1. The number of carbonyl (C=O) groups excluding carboxylic acids is 1. The van der Waals surface area contributed by atoms with Gasteiger partial charge in [-0.05, 0) is 29.2 Å². The van der Waals surface area contributed by atoms with Gasteiger partial charge in [-0.2, -0.15) is 0 Å². The fraction of sp³-hybridized carbons (Fsp3) is 0.278. The van der Waals surface area contributed by atoms with Crippen LogP contribution in [0.1, 0.15) is 28.7 Å². The fourth-order valence-electron chi connectivity index (χ4n) is 3.54. The van der Waals surface area contributed by atoms with Gasteiger partial charge in [0, 0.05) is 12.5 Å². The lowest BCUT2D eigenvalue weighted by molar-refractivity contribution is 0.237. The molecular weight excluding hydrogens is 324 g/mol. The lowest BCUT2D eigenvalue weighted by Crippen LogP contribution is -2.41. The first-order valence-corrected chi connectivity index (χ1v) is 9.64. The summed E-state index contributed by atoms with van der Waals surface area (Å²) < 4.78 is 24.3. The van der Waals surface area contributed by atoms with Crippen molar-refractivity contribution in [3.63, 3.8) is 0 Å². The number of benzene rings is 2. The molecule has 2 N–H and O–H groups in total. The molecule has 1 aliphatic carbocycles. The van der Waals surface area contributed by atoms with E-state index in [4.69, 9.17) is 0 Å². The summed E-state index contributed by atoms with van der Waals surface area (Å²) in [6, 6.07) is 14.2. The summed E-state index contributed by atoms with van der Waals surface area (Å²) in [5, 5.41) is 5.65. The third-order valence-corrected chi connectivity index (χ3v) is 6.61. The van der Waals surface area contributed by atoms with Gasteiger partial charge >= 0.3 is 6.03 Å². The second-order valence-corrected chi connectivity index (χ2v) is 8.33. The zero-order valence-electron chi connectivity index (χ0n) is 13.0. The Hall–Kier alpha value is -2.34. The van der Waals surface area contributed by atoms with Crippen LogP contribution in [0.5, 0.6) is 0 Å². The van der Waals surface area contributed by atoms with Crippen LogP contribution in [0.25, 0.3) is 0 Å². The Kier molecular flexibility index (Phi) is 3.57. The number of carbonyl (C=O) groups is 1. The molecule has 2 amide bonds. The van der Waals surface area contributed by atoms with Crippen LogP contribution in [0.15, 0.2) is 53.4 Å². The van der Waals surface area contributed by atoms with Crippen molar-refractivity contribution < 1.29 is 13.2 Å². The summed E-state index contributed by atoms with van der Waals surface area (Å²) in [5.41, 5.74) is 3.29. The molecule has 2 aromatic carbocycles. The van der Waals surface area contributed by atoms with E-state index in [2.05, 4.69) is 22.8 Å². The molecule has 5 nitrogen and oxygen atoms in total. The number of rotatable bonds is 3. The van der Waals surface area contributed by atoms with Crippen molar-refractivity contribution >= 4 is 15.9 Å². The standard InChI is InChI=1S/C18H18N2O3S/c21-18(19-10-13-9-12-5-1-2-6-14(12)13)20-16-11-24(22,23)17-8-4-3-7-15(16)17/h1-8,13,16H,9-11H2,(H2,19,20,21)/t13-,16+/m0/s1. The van der Waals surface area contributed by atoms with Crippen molar-refractivity contribution in [1.29, 1.82) is 0 Å². The number of fused-ring (bicyclic) bond motifs is 2. The molecule has 0 bridgehead atoms. The Morgan fingerprint density at radius 2 is 1.75 bits per heavy atom. The summed E-state index contributed by atoms with van der Waals surface area (Å²) in [7, 11) is -3.31. The minimum Gasteiger partial charge on any atom is -0.338 e. The van der Waals surface area contributed by atoms with Crippen LogP contribution in [0, 0.1) is 0 Å². The Bertz CT molecular complexity index is 908. The molecule has 0 saturated carbocycles. The minimum absolute atomic E-state index is 0.0774. The lowest BCUT2D eigenvalue weighted by Gasteiger charge is -2.30. The van der Waals surface area contributed by atoms with Crippen molar-refractivity contribution in [1.82, 2.24) is 10.6 Å². The van der Waals surface area contributed by atoms with Gasteiger partial charge in [0.2, 0.25) is 0 Å². The Labute approximate surface area is 141 Å². The molecule has 0 radical (unpaired) electrons. The average Bonchev–Trinajstić information content (AvgIpc) is 2.79. The van der Waals surface area contributed by atoms with E-state index >= 15 is 0 Å². The van der Waals surface area contributed by atoms with Crippen molar-refractivity contribution in [2.45, 2.75) is 23.3 Å². The van der Waals surface area contributed by atoms with Crippen molar-refractivity contribution in [2.75, 3.05) is 12.3 Å². The van der Waals surface area contributed by atoms with Gasteiger partial charge in [-0.25, -0.2) is 13.2 Å². The molecule has 124 valence electrons. The van der Waals surface area contributed by atoms with E-state index in [1.165, 1.54) is 11.1 Å². The van der Waals surface area contributed by atoms with Gasteiger partial charge in [0.05, 0.1) is 16.7 Å². The molecule has 0 unspecified atom stereocenters. The van der Waals surface area contributed by atoms with Crippen molar-refractivity contribution in [3.8, 4) is 0 Å². The summed E-state index contributed by atoms with van der Waals surface area (Å²) in [6.07, 6.45) is 0.969. The maximum absolute atomic E-state index is 12.2. The monoisotopic (exact) mass is 342 g/mol. The molecule has 1 heterocycles. The summed E-state index contributed by atoms with van der Waals surface area (Å²) in [6.45, 7) is 0.559. The Morgan fingerprint density at radius 1 is 1.04 bits per heavy atom. The van der Waals surface area contributed by atoms with Gasteiger partial charge in [-0.15, -0.1) is 0 Å². The third kappa shape index (κ3) is 2.57. The van der Waals surface area contributed by atoms with Crippen LogP contribution in [-0.4, -0.2) is 26.7 Å². The molecule has 1 aliphatic heterocycles. The maximum Gasteiger partial charge on any atom is 0.315 e. The molecule has 0 spiro atoms. The second-order valence-electron chi connectivity index (χ2n) is 6.33. The predicted octanol–water partition coefficient (Wildman–Crippen LogP) is 2.15. The molecule has 6 heteroatoms. The van der Waals surface area contributed by atoms with E-state index in [0.29, 0.717) is 22.9 Å². The molecule has 2 atom stereocenters. The van der Waals surface area contributed by atoms with E-state index < -0.39 is 15.9 Å². The van der Waals surface area contributed by atoms with Crippen molar-refractivity contribution in [2.24, 2.45) is 0 Å². The van der Waals surface area contributed by atoms with Gasteiger partial charge in [-0.1, -0.05) is 42.5 Å². The first kappa shape index (κ1) is 15.2. The first-order valence-electron chi connectivity index (χ1n) is 7.98. The Morgan fingerprint density at radius 3 is 2.54 bits per heavy atom. The van der Waals surface area contributed by atoms with Gasteiger partial charge < -0.3 is 10.6 Å². The zero-order valence-corrected chi connectivity index (χ0v) is 13.8. The maximum atomic E-state index is 12.2. The number of sulfone groups is 1. The number of hydrogen-bond donors (Lipinski definition) is 2. The molecule has 0 saturated heterocycles. The van der Waals surface area contributed by atoms with Gasteiger partial charge in [0.15, 0.2) is 9.84 Å². The number of hydrogen-bond acceptors (Lipinski definition) is 3. The second kappa shape index (κ2) is 5.63. The quantitative estimate of drug-likeness (QED) is 0.897. The van der Waals surface area contributed by atoms with Gasteiger partial charge in [0.25, 0.3) is 0 Å². The molecule has 24 heavy (non-hydrogen) atoms. The summed E-state index contributed by atoms with van der Waals surface area (Å²) >= 11 is 0. The van der Waals surface area contributed by atoms with Crippen LogP contribution in [0.2, 0.25) is 0 Å². The van der Waals surface area contributed by atoms with Gasteiger partial charge in [-0.3, -0.25) is 0 Å². The summed E-state index contributed by atoms with van der Waals surface area (Å²) in [4.78, 5) is 12.5. The van der Waals surface area contributed by atoms with Crippen LogP contribution < -0.4 is 10.6 Å². The minimum atomic E-state index is -3.31. The largest absolute Gasteiger partial charge is 0.338 e. The third-order valence-electron chi connectivity index (χ3n) is 4.79. The fourth-order valence-corrected chi connectivity index (χ4v) is 5.28. The smallest absolute Gasteiger partial charge is 0.315 e. The normalized spacial score (nSPS) is 22.8. The molecule has 0 aromatic heterocycles. The van der Waals surface area contributed by atoms with E-state index in [1.807, 2.05) is 12.1 Å². The molecule has 4 rings (SSSR count). The molecule has 2 aliphatic rings. The lowest BCUT2D eigenvalue weighted by atomic mass is 9.78. The molecular formula is C18H18N2O3S. The first-order chi connectivity index (χ1) is 11.5. The zero-order chi connectivity index (χ0) is 16.7. The van der Waals surface area contributed by atoms with E-state index in [9.17, 15) is 13.2 Å². The average molecular weight is 342 g/mol. The van der Waals surface area contributed by atoms with Crippen LogP contribution in [-0.2, 0) is 16.3 Å². The Balaban J connectivity index is 1.38. The summed E-state index contributed by atoms with van der Waals surface area (Å²) in [5.74, 6) is 0.262. The van der Waals surface area contributed by atoms with Crippen LogP contribution >= 0.6 is 0 Å². The topological polar surface area (TPSA) is 75.3 Å². The van der Waals surface area contributed by atoms with Crippen molar-refractivity contribution in [3.05, 3.63) is 65.2 Å². The number of nitrogens with one attached hydrogen (secondary N) is 2. The molecule has 0 fully saturated rings. The highest BCUT2D eigenvalue weighted by molar-refractivity contribution is 7.91.